The van der Waals surface area contributed by atoms with Gasteiger partial charge in [0.25, 0.3) is 0 Å². The summed E-state index contributed by atoms with van der Waals surface area (Å²) in [6.07, 6.45) is 1.83. The van der Waals surface area contributed by atoms with Gasteiger partial charge in [-0.15, -0.1) is 0 Å². The molecule has 688 valence electrons. The summed E-state index contributed by atoms with van der Waals surface area (Å²) in [5.74, 6) is 1.45. The predicted octanol–water partition coefficient (Wildman–Crippen LogP) is 36.0. The van der Waals surface area contributed by atoms with Gasteiger partial charge in [0.2, 0.25) is 0 Å². The molecular formula is C134H82N8O5. The Hall–Kier alpha value is -20.0. The maximum absolute atomic E-state index is 6.18. The average molecular weight is 1880 g/mol. The van der Waals surface area contributed by atoms with Crippen molar-refractivity contribution in [3.63, 3.8) is 0 Å². The zero-order valence-corrected chi connectivity index (χ0v) is 79.0. The molecule has 0 unspecified atom stereocenters. The number of rotatable bonds is 12. The first-order valence-electron chi connectivity index (χ1n) is 49.0. The van der Waals surface area contributed by atoms with E-state index in [2.05, 4.69) is 266 Å². The number of furan rings is 5. The number of pyridine rings is 2. The first-order chi connectivity index (χ1) is 72.8. The predicted molar refractivity (Wildman–Crippen MR) is 600 cm³/mol. The number of nitrogens with zero attached hydrogens (tertiary/aromatic N) is 8. The molecule has 0 saturated heterocycles. The zero-order valence-electron chi connectivity index (χ0n) is 79.0. The number of fused-ring (bicyclic) bond motifs is 19. The van der Waals surface area contributed by atoms with E-state index in [1.165, 1.54) is 0 Å². The van der Waals surface area contributed by atoms with Crippen LogP contribution in [0.4, 0.5) is 0 Å². The molecule has 147 heavy (non-hydrogen) atoms. The van der Waals surface area contributed by atoms with E-state index < -0.39 is 0 Å². The summed E-state index contributed by atoms with van der Waals surface area (Å²) in [7, 11) is 0. The second-order valence-electron chi connectivity index (χ2n) is 36.6. The van der Waals surface area contributed by atoms with Crippen LogP contribution in [0.25, 0.3) is 288 Å². The molecule has 30 aromatic rings. The second kappa shape index (κ2) is 36.9. The zero-order chi connectivity index (χ0) is 97.2. The van der Waals surface area contributed by atoms with Gasteiger partial charge in [0.05, 0.1) is 61.7 Å². The van der Waals surface area contributed by atoms with Crippen LogP contribution in [0.2, 0.25) is 0 Å². The third-order valence-electron chi connectivity index (χ3n) is 27.6. The lowest BCUT2D eigenvalue weighted by atomic mass is 9.97. The normalized spacial score (nSPS) is 11.5. The quantitative estimate of drug-likeness (QED) is 0.113. The van der Waals surface area contributed by atoms with Gasteiger partial charge in [0, 0.05) is 121 Å². The summed E-state index contributed by atoms with van der Waals surface area (Å²) in [6, 6.07) is 168. The first-order valence-corrected chi connectivity index (χ1v) is 49.0. The largest absolute Gasteiger partial charge is 0.456 e. The van der Waals surface area contributed by atoms with Crippen LogP contribution in [-0.4, -0.2) is 39.9 Å². The van der Waals surface area contributed by atoms with Crippen LogP contribution in [0.1, 0.15) is 0 Å². The maximum atomic E-state index is 6.18. The van der Waals surface area contributed by atoms with E-state index in [1.807, 2.05) is 237 Å². The molecule has 20 aromatic carbocycles. The van der Waals surface area contributed by atoms with Crippen LogP contribution < -0.4 is 0 Å². The summed E-state index contributed by atoms with van der Waals surface area (Å²) in [5, 5.41) is 14.3. The average Bonchev–Trinajstić information content (AvgIpc) is 1.72. The summed E-state index contributed by atoms with van der Waals surface area (Å²) < 4.78 is 30.7. The molecule has 0 radical (unpaired) electrons. The van der Waals surface area contributed by atoms with Crippen molar-refractivity contribution < 1.29 is 22.1 Å². The second-order valence-corrected chi connectivity index (χ2v) is 36.6. The lowest BCUT2D eigenvalue weighted by molar-refractivity contribution is 0.668. The van der Waals surface area contributed by atoms with Crippen LogP contribution in [0, 0.1) is 0 Å². The molecule has 0 aliphatic rings. The third kappa shape index (κ3) is 16.4. The first kappa shape index (κ1) is 86.1. The topological polar surface area (TPSA) is 169 Å². The third-order valence-corrected chi connectivity index (χ3v) is 27.6. The SMILES string of the molecule is c1cc(-c2ccc3c(c2)oc2ccccc23)cc(-c2nc3ccccc3nc2-c2ccc3oc4ccccc4c3c2)c1.c1ccc(-c2nc(-c3cccc(-c4ccc5c(c4)oc4ccccc45)c3)cc3ncccc23)cc1.c1ccc(-c2nc(-c3ccccc3)c3cc(-c4ccc5c(c4)oc4ccccc45)ccc3n2)cc1.c1ccc(-c2nc(-c3ccccc3)c3ccc(-c4ccc5c(c4)oc4ccccc45)cc3n2)cc1. The maximum Gasteiger partial charge on any atom is 0.160 e. The van der Waals surface area contributed by atoms with Crippen molar-refractivity contribution in [1.82, 2.24) is 39.9 Å². The summed E-state index contributed by atoms with van der Waals surface area (Å²) in [5.41, 5.74) is 35.9. The Bertz CT molecular complexity index is 10400. The van der Waals surface area contributed by atoms with Gasteiger partial charge in [-0.3, -0.25) is 4.98 Å². The molecule has 0 bridgehead atoms. The molecule has 13 nitrogen and oxygen atoms in total. The van der Waals surface area contributed by atoms with Gasteiger partial charge >= 0.3 is 0 Å². The van der Waals surface area contributed by atoms with Crippen LogP contribution >= 0.6 is 0 Å². The van der Waals surface area contributed by atoms with Crippen molar-refractivity contribution in [2.75, 3.05) is 0 Å². The van der Waals surface area contributed by atoms with Crippen molar-refractivity contribution >= 4 is 153 Å². The van der Waals surface area contributed by atoms with E-state index in [9.17, 15) is 0 Å². The van der Waals surface area contributed by atoms with Crippen molar-refractivity contribution in [2.24, 2.45) is 0 Å². The van der Waals surface area contributed by atoms with Gasteiger partial charge in [-0.1, -0.05) is 328 Å². The molecule has 0 amide bonds. The van der Waals surface area contributed by atoms with Crippen molar-refractivity contribution in [3.8, 4) is 135 Å². The number of aromatic nitrogens is 8. The monoisotopic (exact) mass is 1880 g/mol. The minimum absolute atomic E-state index is 0.724. The molecule has 10 aromatic heterocycles. The molecule has 0 aliphatic carbocycles. The van der Waals surface area contributed by atoms with Gasteiger partial charge < -0.3 is 22.1 Å². The minimum Gasteiger partial charge on any atom is -0.456 e. The minimum atomic E-state index is 0.724. The summed E-state index contributed by atoms with van der Waals surface area (Å²) >= 11 is 0. The lowest BCUT2D eigenvalue weighted by Crippen LogP contribution is -1.95. The van der Waals surface area contributed by atoms with E-state index in [1.54, 1.807) is 0 Å². The Morgan fingerprint density at radius 2 is 0.415 bits per heavy atom. The van der Waals surface area contributed by atoms with E-state index >= 15 is 0 Å². The Balaban J connectivity index is 0.0000000973. The highest BCUT2D eigenvalue weighted by Crippen LogP contribution is 2.45. The Morgan fingerprint density at radius 1 is 0.122 bits per heavy atom. The summed E-state index contributed by atoms with van der Waals surface area (Å²) in [4.78, 5) is 40.0. The molecule has 0 fully saturated rings. The van der Waals surface area contributed by atoms with Crippen molar-refractivity contribution in [2.45, 2.75) is 0 Å². The van der Waals surface area contributed by atoms with Gasteiger partial charge in [-0.2, -0.15) is 0 Å². The standard InChI is InChI=1S/C38H22N2O2.3C32H20N2O/c1-5-14-33-27(10-1)29-18-16-24(22-36(29)42-33)23-8-7-9-25(20-23)37-38(40-32-13-4-3-12-31(32)39-37)26-17-19-35-30(21-26)28-11-2-6-15-34(28)41-35;1-3-9-21(10-4-1)31-27-19-23(16-18-28(27)33-32(34-31)22-11-5-2-6-12-22)24-15-17-26-25-13-7-8-14-29(25)35-30(26)20-24;1-3-9-21(10-4-1)31-27-18-16-23(19-28(27)33-32(34-31)22-11-5-2-6-12-22)24-15-17-26-25-13-7-8-14-29(25)35-30(26)20-24;1-2-8-21(9-3-1)32-27-13-7-17-33-29(27)20-28(34-32)24-11-6-10-22(18-24)23-15-16-26-25-12-4-5-14-30(25)35-31(26)19-23/h1-22H;3*1-20H. The fraction of sp³-hybridized carbons (Fsp3) is 0. The number of hydrogen-bond acceptors (Lipinski definition) is 13. The van der Waals surface area contributed by atoms with Crippen LogP contribution in [0.15, 0.2) is 520 Å². The molecule has 0 saturated carbocycles. The Kier molecular flexibility index (Phi) is 21.6. The molecule has 0 aliphatic heterocycles. The van der Waals surface area contributed by atoms with Gasteiger partial charge in [0.1, 0.15) is 55.8 Å². The number of benzene rings is 20. The van der Waals surface area contributed by atoms with Gasteiger partial charge in [-0.25, -0.2) is 34.9 Å². The van der Waals surface area contributed by atoms with Gasteiger partial charge in [0.15, 0.2) is 11.6 Å². The van der Waals surface area contributed by atoms with Crippen LogP contribution in [0.5, 0.6) is 0 Å². The van der Waals surface area contributed by atoms with Crippen LogP contribution in [-0.2, 0) is 0 Å². The number of hydrogen-bond donors (Lipinski definition) is 0. The van der Waals surface area contributed by atoms with Crippen molar-refractivity contribution in [1.29, 1.82) is 0 Å². The highest BCUT2D eigenvalue weighted by atomic mass is 16.3. The fourth-order valence-corrected chi connectivity index (χ4v) is 20.3. The van der Waals surface area contributed by atoms with Crippen molar-refractivity contribution in [3.05, 3.63) is 498 Å². The van der Waals surface area contributed by atoms with Gasteiger partial charge in [-0.05, 0) is 208 Å². The number of para-hydroxylation sites is 7. The van der Waals surface area contributed by atoms with E-state index in [0.717, 1.165) is 288 Å². The fourth-order valence-electron chi connectivity index (χ4n) is 20.3. The smallest absolute Gasteiger partial charge is 0.160 e. The van der Waals surface area contributed by atoms with E-state index in [-0.39, 0.29) is 0 Å². The molecular weight excluding hydrogens is 1800 g/mol. The molecule has 0 N–H and O–H groups in total. The molecule has 0 atom stereocenters. The molecule has 10 heterocycles. The van der Waals surface area contributed by atoms with E-state index in [4.69, 9.17) is 57.0 Å². The summed E-state index contributed by atoms with van der Waals surface area (Å²) in [6.45, 7) is 0. The van der Waals surface area contributed by atoms with E-state index in [0.29, 0.717) is 0 Å². The lowest BCUT2D eigenvalue weighted by Gasteiger charge is -2.12. The molecule has 13 heteroatoms. The van der Waals surface area contributed by atoms with Crippen LogP contribution in [0.3, 0.4) is 0 Å². The molecule has 30 rings (SSSR count). The Morgan fingerprint density at radius 3 is 0.878 bits per heavy atom. The highest BCUT2D eigenvalue weighted by Gasteiger charge is 2.23. The Labute approximate surface area is 842 Å². The highest BCUT2D eigenvalue weighted by molar-refractivity contribution is 6.12. The molecule has 0 spiro atoms.